The zero-order chi connectivity index (χ0) is 18.2. The smallest absolute Gasteiger partial charge is 0.270 e. The predicted molar refractivity (Wildman–Crippen MR) is 98.9 cm³/mol. The van der Waals surface area contributed by atoms with Gasteiger partial charge in [-0.3, -0.25) is 4.79 Å². The Labute approximate surface area is 149 Å². The third-order valence-electron chi connectivity index (χ3n) is 3.71. The van der Waals surface area contributed by atoms with Crippen LogP contribution in [0.1, 0.15) is 42.1 Å². The van der Waals surface area contributed by atoms with Gasteiger partial charge in [0.25, 0.3) is 5.91 Å². The molecule has 6 heteroatoms. The summed E-state index contributed by atoms with van der Waals surface area (Å²) in [4.78, 5) is 20.8. The number of nitrogens with zero attached hydrogens (tertiary/aromatic N) is 2. The number of methoxy groups -OCH3 is 1. The minimum absolute atomic E-state index is 0.168. The molecule has 2 aromatic rings. The van der Waals surface area contributed by atoms with Crippen molar-refractivity contribution in [2.24, 2.45) is 5.92 Å². The summed E-state index contributed by atoms with van der Waals surface area (Å²) in [7, 11) is 1.64. The number of anilines is 1. The number of aromatic nitrogens is 2. The molecule has 0 saturated heterocycles. The van der Waals surface area contributed by atoms with Gasteiger partial charge in [-0.05, 0) is 37.0 Å². The molecule has 25 heavy (non-hydrogen) atoms. The Morgan fingerprint density at radius 1 is 1.20 bits per heavy atom. The minimum Gasteiger partial charge on any atom is -0.497 e. The Morgan fingerprint density at radius 2 is 1.92 bits per heavy atom. The molecule has 0 unspecified atom stereocenters. The van der Waals surface area contributed by atoms with E-state index in [-0.39, 0.29) is 5.91 Å². The van der Waals surface area contributed by atoms with Crippen LogP contribution in [0.3, 0.4) is 0 Å². The summed E-state index contributed by atoms with van der Waals surface area (Å²) in [5, 5.41) is 6.14. The van der Waals surface area contributed by atoms with Gasteiger partial charge in [0.2, 0.25) is 0 Å². The average molecular weight is 342 g/mol. The molecule has 2 rings (SSSR count). The highest BCUT2D eigenvalue weighted by Gasteiger charge is 2.10. The molecule has 0 fully saturated rings. The van der Waals surface area contributed by atoms with Crippen LogP contribution in [0.2, 0.25) is 0 Å². The van der Waals surface area contributed by atoms with Gasteiger partial charge in [0, 0.05) is 19.2 Å². The molecule has 1 amide bonds. The minimum atomic E-state index is -0.168. The lowest BCUT2D eigenvalue weighted by Gasteiger charge is -2.10. The van der Waals surface area contributed by atoms with Crippen LogP contribution in [0.4, 0.5) is 5.82 Å². The Kier molecular flexibility index (Phi) is 6.74. The summed E-state index contributed by atoms with van der Waals surface area (Å²) in [5.74, 6) is 2.40. The molecule has 0 spiro atoms. The molecule has 1 aromatic heterocycles. The van der Waals surface area contributed by atoms with Gasteiger partial charge in [0.15, 0.2) is 0 Å². The normalized spacial score (nSPS) is 10.6. The number of nitrogens with one attached hydrogen (secondary N) is 2. The highest BCUT2D eigenvalue weighted by atomic mass is 16.5. The van der Waals surface area contributed by atoms with E-state index < -0.39 is 0 Å². The second-order valence-electron chi connectivity index (χ2n) is 6.33. The number of benzene rings is 1. The molecule has 0 radical (unpaired) electrons. The van der Waals surface area contributed by atoms with Crippen LogP contribution in [0.25, 0.3) is 0 Å². The van der Waals surface area contributed by atoms with E-state index in [0.717, 1.165) is 17.7 Å². The van der Waals surface area contributed by atoms with Crippen molar-refractivity contribution in [3.8, 4) is 5.75 Å². The first-order chi connectivity index (χ1) is 12.0. The molecular weight excluding hydrogens is 316 g/mol. The van der Waals surface area contributed by atoms with Crippen molar-refractivity contribution in [2.75, 3.05) is 19.0 Å². The molecule has 6 nitrogen and oxygen atoms in total. The fourth-order valence-corrected chi connectivity index (χ4v) is 2.28. The van der Waals surface area contributed by atoms with Crippen molar-refractivity contribution >= 4 is 11.7 Å². The lowest BCUT2D eigenvalue weighted by Crippen LogP contribution is -2.26. The molecule has 1 heterocycles. The van der Waals surface area contributed by atoms with Crippen LogP contribution in [0.5, 0.6) is 5.75 Å². The number of aryl methyl sites for hydroxylation is 1. The third kappa shape index (κ3) is 6.06. The van der Waals surface area contributed by atoms with Crippen molar-refractivity contribution in [3.63, 3.8) is 0 Å². The monoisotopic (exact) mass is 342 g/mol. The second kappa shape index (κ2) is 9.01. The molecule has 0 bridgehead atoms. The van der Waals surface area contributed by atoms with Gasteiger partial charge in [-0.15, -0.1) is 0 Å². The van der Waals surface area contributed by atoms with E-state index in [4.69, 9.17) is 4.74 Å². The predicted octanol–water partition coefficient (Wildman–Crippen LogP) is 3.18. The average Bonchev–Trinajstić information content (AvgIpc) is 2.59. The second-order valence-corrected chi connectivity index (χ2v) is 6.33. The molecule has 0 aliphatic carbocycles. The Bertz CT molecular complexity index is 699. The van der Waals surface area contributed by atoms with Crippen LogP contribution in [-0.4, -0.2) is 29.5 Å². The first-order valence-electron chi connectivity index (χ1n) is 8.48. The van der Waals surface area contributed by atoms with Crippen molar-refractivity contribution in [1.82, 2.24) is 15.3 Å². The van der Waals surface area contributed by atoms with Crippen molar-refractivity contribution in [1.29, 1.82) is 0 Å². The largest absolute Gasteiger partial charge is 0.497 e. The fourth-order valence-electron chi connectivity index (χ4n) is 2.28. The van der Waals surface area contributed by atoms with Gasteiger partial charge in [-0.1, -0.05) is 26.0 Å². The van der Waals surface area contributed by atoms with Crippen molar-refractivity contribution in [2.45, 2.75) is 33.7 Å². The van der Waals surface area contributed by atoms with E-state index in [1.807, 2.05) is 24.3 Å². The Morgan fingerprint density at radius 3 is 2.56 bits per heavy atom. The van der Waals surface area contributed by atoms with Crippen LogP contribution in [0, 0.1) is 12.8 Å². The number of rotatable bonds is 8. The summed E-state index contributed by atoms with van der Waals surface area (Å²) >= 11 is 0. The standard InChI is InChI=1S/C19H26N4O2/c1-13(2)9-10-20-19(24)17-11-18(23-14(3)22-17)21-12-15-5-7-16(25-4)8-6-15/h5-8,11,13H,9-10,12H2,1-4H3,(H,20,24)(H,21,22,23). The van der Waals surface area contributed by atoms with Gasteiger partial charge >= 0.3 is 0 Å². The number of carbonyl (C=O) groups excluding carboxylic acids is 1. The van der Waals surface area contributed by atoms with E-state index in [2.05, 4.69) is 34.4 Å². The van der Waals surface area contributed by atoms with Crippen LogP contribution in [-0.2, 0) is 6.54 Å². The van der Waals surface area contributed by atoms with Gasteiger partial charge in [0.05, 0.1) is 7.11 Å². The maximum absolute atomic E-state index is 12.2. The van der Waals surface area contributed by atoms with E-state index >= 15 is 0 Å². The summed E-state index contributed by atoms with van der Waals surface area (Å²) in [5.41, 5.74) is 1.48. The highest BCUT2D eigenvalue weighted by molar-refractivity contribution is 5.92. The summed E-state index contributed by atoms with van der Waals surface area (Å²) in [6.45, 7) is 7.29. The maximum atomic E-state index is 12.2. The Balaban J connectivity index is 1.98. The van der Waals surface area contributed by atoms with Gasteiger partial charge in [0.1, 0.15) is 23.1 Å². The first kappa shape index (κ1) is 18.7. The summed E-state index contributed by atoms with van der Waals surface area (Å²) in [6, 6.07) is 9.48. The van der Waals surface area contributed by atoms with Crippen molar-refractivity contribution in [3.05, 3.63) is 47.4 Å². The zero-order valence-corrected chi connectivity index (χ0v) is 15.3. The van der Waals surface area contributed by atoms with Crippen LogP contribution < -0.4 is 15.4 Å². The lowest BCUT2D eigenvalue weighted by molar-refractivity contribution is 0.0946. The number of amides is 1. The van der Waals surface area contributed by atoms with E-state index in [0.29, 0.717) is 36.3 Å². The number of carbonyl (C=O) groups is 1. The molecule has 134 valence electrons. The Hall–Kier alpha value is -2.63. The summed E-state index contributed by atoms with van der Waals surface area (Å²) in [6.07, 6.45) is 0.943. The molecular formula is C19H26N4O2. The number of hydrogen-bond acceptors (Lipinski definition) is 5. The summed E-state index contributed by atoms with van der Waals surface area (Å²) < 4.78 is 5.15. The maximum Gasteiger partial charge on any atom is 0.270 e. The van der Waals surface area contributed by atoms with Crippen molar-refractivity contribution < 1.29 is 9.53 Å². The van der Waals surface area contributed by atoms with Gasteiger partial charge in [-0.25, -0.2) is 9.97 Å². The van der Waals surface area contributed by atoms with Gasteiger partial charge in [-0.2, -0.15) is 0 Å². The van der Waals surface area contributed by atoms with Crippen LogP contribution in [0.15, 0.2) is 30.3 Å². The first-order valence-corrected chi connectivity index (χ1v) is 8.48. The van der Waals surface area contributed by atoms with Gasteiger partial charge < -0.3 is 15.4 Å². The third-order valence-corrected chi connectivity index (χ3v) is 3.71. The molecule has 2 N–H and O–H groups in total. The zero-order valence-electron chi connectivity index (χ0n) is 15.3. The fraction of sp³-hybridized carbons (Fsp3) is 0.421. The van der Waals surface area contributed by atoms with E-state index in [9.17, 15) is 4.79 Å². The highest BCUT2D eigenvalue weighted by Crippen LogP contribution is 2.13. The topological polar surface area (TPSA) is 76.1 Å². The molecule has 0 atom stereocenters. The molecule has 0 saturated carbocycles. The SMILES string of the molecule is COc1ccc(CNc2cc(C(=O)NCCC(C)C)nc(C)n2)cc1. The van der Waals surface area contributed by atoms with Crippen LogP contribution >= 0.6 is 0 Å². The molecule has 1 aromatic carbocycles. The number of ether oxygens (including phenoxy) is 1. The van der Waals surface area contributed by atoms with E-state index in [1.165, 1.54) is 0 Å². The van der Waals surface area contributed by atoms with E-state index in [1.54, 1.807) is 20.1 Å². The molecule has 0 aliphatic heterocycles. The number of hydrogen-bond donors (Lipinski definition) is 2. The molecule has 0 aliphatic rings. The lowest BCUT2D eigenvalue weighted by atomic mass is 10.1. The quantitative estimate of drug-likeness (QED) is 0.770.